The first-order chi connectivity index (χ1) is 16.4. The van der Waals surface area contributed by atoms with Gasteiger partial charge in [0.25, 0.3) is 6.47 Å². The first-order valence-electron chi connectivity index (χ1n) is 12.6. The van der Waals surface area contributed by atoms with Crippen LogP contribution in [0, 0.1) is 5.92 Å². The summed E-state index contributed by atoms with van der Waals surface area (Å²) in [6, 6.07) is 5.25. The molecule has 0 radical (unpaired) electrons. The van der Waals surface area contributed by atoms with Crippen LogP contribution in [-0.4, -0.2) is 58.0 Å². The van der Waals surface area contributed by atoms with Crippen LogP contribution in [0.2, 0.25) is 0 Å². The van der Waals surface area contributed by atoms with E-state index in [1.54, 1.807) is 0 Å². The summed E-state index contributed by atoms with van der Waals surface area (Å²) in [5.41, 5.74) is 4.99. The van der Waals surface area contributed by atoms with Gasteiger partial charge in [-0.3, -0.25) is 9.59 Å². The van der Waals surface area contributed by atoms with Crippen molar-refractivity contribution in [2.24, 2.45) is 5.92 Å². The number of hydrogen-bond donors (Lipinski definition) is 2. The molecule has 3 aliphatic rings. The predicted octanol–water partition coefficient (Wildman–Crippen LogP) is 4.44. The lowest BCUT2D eigenvalue weighted by Crippen LogP contribution is -2.33. The molecule has 2 N–H and O–H groups in total. The third-order valence-corrected chi connectivity index (χ3v) is 7.94. The van der Waals surface area contributed by atoms with Crippen molar-refractivity contribution in [1.82, 2.24) is 9.55 Å². The summed E-state index contributed by atoms with van der Waals surface area (Å²) < 4.78 is 8.29. The molecule has 0 spiro atoms. The molecule has 2 aliphatic heterocycles. The topological polar surface area (TPSA) is 105 Å². The second-order valence-electron chi connectivity index (χ2n) is 9.96. The average Bonchev–Trinajstić information content (AvgIpc) is 3.48. The van der Waals surface area contributed by atoms with Crippen molar-refractivity contribution in [2.75, 3.05) is 18.6 Å². The van der Waals surface area contributed by atoms with Gasteiger partial charge >= 0.3 is 5.97 Å². The van der Waals surface area contributed by atoms with Crippen molar-refractivity contribution in [1.29, 1.82) is 0 Å². The smallest absolute Gasteiger partial charge is 0.306 e. The average molecular weight is 472 g/mol. The third-order valence-electron chi connectivity index (χ3n) is 7.94. The van der Waals surface area contributed by atoms with E-state index in [0.29, 0.717) is 18.6 Å². The lowest BCUT2D eigenvalue weighted by Gasteiger charge is -2.34. The fraction of sp³-hybridized carbons (Fsp3) is 0.654. The number of carbonyl (C=O) groups is 2. The highest BCUT2D eigenvalue weighted by atomic mass is 16.5. The normalized spacial score (nSPS) is 26.6. The Morgan fingerprint density at radius 1 is 1.24 bits per heavy atom. The zero-order valence-corrected chi connectivity index (χ0v) is 20.3. The van der Waals surface area contributed by atoms with Gasteiger partial charge in [0.2, 0.25) is 0 Å². The number of aryl methyl sites for hydroxylation is 2. The lowest BCUT2D eigenvalue weighted by atomic mass is 9.85. The first kappa shape index (κ1) is 24.5. The molecule has 8 heteroatoms. The minimum atomic E-state index is -0.650. The highest BCUT2D eigenvalue weighted by molar-refractivity contribution is 5.86. The largest absolute Gasteiger partial charge is 0.483 e. The molecule has 0 amide bonds. The van der Waals surface area contributed by atoms with Crippen LogP contribution in [0.25, 0.3) is 11.0 Å². The standard InChI is InChI=1S/C25H35N3O3.CH2O2/c1-16-8-10-20-21(27(16)2)11-12-22-24(20)26-23(13-9-19-7-4-14-31-19)28(22)18-6-3-5-17(15-18)25(29)30;2-1-3/h11-12,16-19H,3-10,13-15H2,1-2H3,(H,29,30);1H,(H,2,3). The number of carboxylic acids is 1. The second-order valence-corrected chi connectivity index (χ2v) is 9.96. The van der Waals surface area contributed by atoms with E-state index in [2.05, 4.69) is 35.6 Å². The van der Waals surface area contributed by atoms with Gasteiger partial charge in [-0.25, -0.2) is 4.98 Å². The summed E-state index contributed by atoms with van der Waals surface area (Å²) in [6.07, 6.45) is 10.2. The molecule has 4 atom stereocenters. The number of fused-ring (bicyclic) bond motifs is 3. The minimum absolute atomic E-state index is 0.220. The van der Waals surface area contributed by atoms with Gasteiger partial charge in [-0.05, 0) is 70.4 Å². The zero-order valence-electron chi connectivity index (χ0n) is 20.3. The summed E-state index contributed by atoms with van der Waals surface area (Å²) in [5, 5.41) is 16.5. The number of imidazole rings is 1. The first-order valence-corrected chi connectivity index (χ1v) is 12.6. The van der Waals surface area contributed by atoms with Crippen LogP contribution in [0.5, 0.6) is 0 Å². The van der Waals surface area contributed by atoms with Gasteiger partial charge in [-0.2, -0.15) is 0 Å². The Balaban J connectivity index is 0.000000868. The molecule has 2 fully saturated rings. The van der Waals surface area contributed by atoms with Crippen LogP contribution in [0.1, 0.15) is 75.7 Å². The van der Waals surface area contributed by atoms with Gasteiger partial charge in [0, 0.05) is 43.4 Å². The van der Waals surface area contributed by atoms with E-state index in [9.17, 15) is 9.90 Å². The lowest BCUT2D eigenvalue weighted by molar-refractivity contribution is -0.143. The van der Waals surface area contributed by atoms with Gasteiger partial charge in [0.05, 0.1) is 23.1 Å². The Kier molecular flexibility index (Phi) is 7.76. The number of ether oxygens (including phenoxy) is 1. The van der Waals surface area contributed by atoms with Crippen LogP contribution < -0.4 is 4.90 Å². The van der Waals surface area contributed by atoms with Gasteiger partial charge in [-0.15, -0.1) is 0 Å². The van der Waals surface area contributed by atoms with Crippen molar-refractivity contribution >= 4 is 29.2 Å². The highest BCUT2D eigenvalue weighted by Gasteiger charge is 2.32. The van der Waals surface area contributed by atoms with Crippen molar-refractivity contribution in [3.05, 3.63) is 23.5 Å². The maximum atomic E-state index is 11.7. The van der Waals surface area contributed by atoms with E-state index in [1.807, 2.05) is 0 Å². The fourth-order valence-electron chi connectivity index (χ4n) is 5.98. The molecule has 186 valence electrons. The van der Waals surface area contributed by atoms with E-state index >= 15 is 0 Å². The molecule has 2 aromatic rings. The number of hydrogen-bond acceptors (Lipinski definition) is 5. The van der Waals surface area contributed by atoms with Crippen molar-refractivity contribution in [2.45, 2.75) is 89.3 Å². The highest BCUT2D eigenvalue weighted by Crippen LogP contribution is 2.40. The van der Waals surface area contributed by atoms with Gasteiger partial charge in [-0.1, -0.05) is 6.42 Å². The van der Waals surface area contributed by atoms with Crippen LogP contribution in [0.4, 0.5) is 5.69 Å². The molecule has 1 aromatic heterocycles. The predicted molar refractivity (Wildman–Crippen MR) is 131 cm³/mol. The van der Waals surface area contributed by atoms with E-state index in [0.717, 1.165) is 75.7 Å². The van der Waals surface area contributed by atoms with Crippen LogP contribution in [0.3, 0.4) is 0 Å². The molecule has 0 bridgehead atoms. The van der Waals surface area contributed by atoms with Crippen molar-refractivity contribution < 1.29 is 24.5 Å². The second kappa shape index (κ2) is 10.8. The molecule has 3 heterocycles. The van der Waals surface area contributed by atoms with Gasteiger partial charge in [0.15, 0.2) is 0 Å². The number of rotatable bonds is 5. The zero-order chi connectivity index (χ0) is 24.2. The molecule has 8 nitrogen and oxygen atoms in total. The van der Waals surface area contributed by atoms with Crippen LogP contribution in [-0.2, 0) is 27.2 Å². The molecule has 34 heavy (non-hydrogen) atoms. The number of aliphatic carboxylic acids is 1. The Labute approximate surface area is 200 Å². The molecule has 1 aromatic carbocycles. The number of carboxylic acid groups (broad SMARTS) is 2. The van der Waals surface area contributed by atoms with E-state index < -0.39 is 5.97 Å². The summed E-state index contributed by atoms with van der Waals surface area (Å²) in [7, 11) is 2.18. The van der Waals surface area contributed by atoms with E-state index in [-0.39, 0.29) is 18.4 Å². The Morgan fingerprint density at radius 2 is 2.03 bits per heavy atom. The van der Waals surface area contributed by atoms with Crippen molar-refractivity contribution in [3.8, 4) is 0 Å². The van der Waals surface area contributed by atoms with Gasteiger partial charge < -0.3 is 24.4 Å². The van der Waals surface area contributed by atoms with Gasteiger partial charge in [0.1, 0.15) is 5.82 Å². The molecule has 1 saturated heterocycles. The molecule has 5 rings (SSSR count). The van der Waals surface area contributed by atoms with E-state index in [4.69, 9.17) is 19.6 Å². The van der Waals surface area contributed by atoms with Crippen molar-refractivity contribution in [3.63, 3.8) is 0 Å². The summed E-state index contributed by atoms with van der Waals surface area (Å²) in [6.45, 7) is 2.91. The maximum absolute atomic E-state index is 11.7. The Hall–Kier alpha value is -2.61. The molecule has 1 aliphatic carbocycles. The Morgan fingerprint density at radius 3 is 2.74 bits per heavy atom. The quantitative estimate of drug-likeness (QED) is 0.621. The van der Waals surface area contributed by atoms with E-state index in [1.165, 1.54) is 16.8 Å². The summed E-state index contributed by atoms with van der Waals surface area (Å²) in [5.74, 6) is 0.228. The number of aromatic nitrogens is 2. The van der Waals surface area contributed by atoms with Crippen LogP contribution in [0.15, 0.2) is 12.1 Å². The third kappa shape index (κ3) is 4.92. The Bertz CT molecular complexity index is 1010. The number of nitrogens with zero attached hydrogens (tertiary/aromatic N) is 3. The molecular weight excluding hydrogens is 434 g/mol. The maximum Gasteiger partial charge on any atom is 0.306 e. The molecular formula is C26H37N3O5. The van der Waals surface area contributed by atoms with Crippen LogP contribution >= 0.6 is 0 Å². The monoisotopic (exact) mass is 471 g/mol. The summed E-state index contributed by atoms with van der Waals surface area (Å²) >= 11 is 0. The minimum Gasteiger partial charge on any atom is -0.483 e. The fourth-order valence-corrected chi connectivity index (χ4v) is 5.98. The molecule has 4 unspecified atom stereocenters. The number of benzene rings is 1. The SMILES string of the molecule is CC1CCc2c(ccc3c2nc(CCC2CCCO2)n3C2CCCC(C(=O)O)C2)N1C.O=CO. The number of anilines is 1. The molecule has 1 saturated carbocycles. The summed E-state index contributed by atoms with van der Waals surface area (Å²) in [4.78, 5) is 27.7.